The zero-order valence-electron chi connectivity index (χ0n) is 8.38. The summed E-state index contributed by atoms with van der Waals surface area (Å²) in [6, 6.07) is -0.575. The number of amides is 2. The summed E-state index contributed by atoms with van der Waals surface area (Å²) in [6.45, 7) is 0.741. The molecule has 0 saturated carbocycles. The Balaban J connectivity index is 2.42. The summed E-state index contributed by atoms with van der Waals surface area (Å²) >= 11 is 0. The molecule has 0 radical (unpaired) electrons. The molecule has 1 fully saturated rings. The van der Waals surface area contributed by atoms with E-state index in [-0.39, 0.29) is 17.7 Å². The Morgan fingerprint density at radius 3 is 3.07 bits per heavy atom. The van der Waals surface area contributed by atoms with Crippen LogP contribution in [0.3, 0.4) is 0 Å². The monoisotopic (exact) mass is 199 g/mol. The first kappa shape index (κ1) is 11.0. The molecule has 1 aliphatic rings. The number of carbonyl (C=O) groups is 2. The van der Waals surface area contributed by atoms with Gasteiger partial charge < -0.3 is 16.4 Å². The molecule has 80 valence electrons. The summed E-state index contributed by atoms with van der Waals surface area (Å²) in [6.07, 6.45) is 2.24. The topological polar surface area (TPSA) is 84.2 Å². The van der Waals surface area contributed by atoms with Crippen molar-refractivity contribution in [2.45, 2.75) is 25.3 Å². The van der Waals surface area contributed by atoms with Gasteiger partial charge in [0.05, 0.1) is 6.04 Å². The van der Waals surface area contributed by atoms with Gasteiger partial charge in [-0.15, -0.1) is 0 Å². The summed E-state index contributed by atoms with van der Waals surface area (Å²) in [5.74, 6) is -0.282. The Labute approximate surface area is 83.4 Å². The highest BCUT2D eigenvalue weighted by atomic mass is 16.2. The van der Waals surface area contributed by atoms with Gasteiger partial charge in [0.1, 0.15) is 0 Å². The van der Waals surface area contributed by atoms with Gasteiger partial charge >= 0.3 is 0 Å². The molecule has 0 spiro atoms. The van der Waals surface area contributed by atoms with Crippen LogP contribution in [0.4, 0.5) is 0 Å². The van der Waals surface area contributed by atoms with Crippen molar-refractivity contribution >= 4 is 11.8 Å². The average molecular weight is 199 g/mol. The molecule has 0 aliphatic carbocycles. The van der Waals surface area contributed by atoms with Crippen LogP contribution in [0, 0.1) is 5.92 Å². The van der Waals surface area contributed by atoms with Crippen LogP contribution in [-0.2, 0) is 9.59 Å². The molecular formula is C9H17N3O2. The molecule has 1 heterocycles. The first-order valence-corrected chi connectivity index (χ1v) is 4.90. The highest BCUT2D eigenvalue weighted by Crippen LogP contribution is 2.16. The Morgan fingerprint density at radius 2 is 2.50 bits per heavy atom. The van der Waals surface area contributed by atoms with E-state index in [0.717, 1.165) is 19.4 Å². The van der Waals surface area contributed by atoms with Gasteiger partial charge in [0.15, 0.2) is 0 Å². The lowest BCUT2D eigenvalue weighted by atomic mass is 9.91. The SMILES string of the molecule is CNC(=O)[C@@H](N)C[C@@H]1CCCNC1=O. The molecule has 1 rings (SSSR count). The fraction of sp³-hybridized carbons (Fsp3) is 0.778. The maximum atomic E-state index is 11.3. The number of likely N-dealkylation sites (N-methyl/N-ethyl adjacent to an activating group) is 1. The third-order valence-electron chi connectivity index (χ3n) is 2.52. The largest absolute Gasteiger partial charge is 0.358 e. The number of nitrogens with two attached hydrogens (primary N) is 1. The van der Waals surface area contributed by atoms with E-state index in [2.05, 4.69) is 10.6 Å². The van der Waals surface area contributed by atoms with Crippen LogP contribution >= 0.6 is 0 Å². The van der Waals surface area contributed by atoms with E-state index in [9.17, 15) is 9.59 Å². The van der Waals surface area contributed by atoms with Gasteiger partial charge in [-0.1, -0.05) is 0 Å². The lowest BCUT2D eigenvalue weighted by molar-refractivity contribution is -0.127. The van der Waals surface area contributed by atoms with Crippen molar-refractivity contribution in [3.05, 3.63) is 0 Å². The van der Waals surface area contributed by atoms with Crippen LogP contribution in [-0.4, -0.2) is 31.4 Å². The minimum atomic E-state index is -0.575. The molecule has 0 aromatic heterocycles. The van der Waals surface area contributed by atoms with Gasteiger partial charge in [0.2, 0.25) is 11.8 Å². The smallest absolute Gasteiger partial charge is 0.236 e. The van der Waals surface area contributed by atoms with Crippen LogP contribution in [0.1, 0.15) is 19.3 Å². The number of hydrogen-bond donors (Lipinski definition) is 3. The molecular weight excluding hydrogens is 182 g/mol. The highest BCUT2D eigenvalue weighted by molar-refractivity contribution is 5.83. The van der Waals surface area contributed by atoms with E-state index < -0.39 is 6.04 Å². The summed E-state index contributed by atoms with van der Waals surface area (Å²) in [5.41, 5.74) is 5.63. The second-order valence-electron chi connectivity index (χ2n) is 3.59. The van der Waals surface area contributed by atoms with E-state index in [4.69, 9.17) is 5.73 Å². The van der Waals surface area contributed by atoms with E-state index >= 15 is 0 Å². The van der Waals surface area contributed by atoms with Gasteiger partial charge in [-0.05, 0) is 19.3 Å². The fourth-order valence-corrected chi connectivity index (χ4v) is 1.66. The van der Waals surface area contributed by atoms with E-state index in [1.54, 1.807) is 7.05 Å². The summed E-state index contributed by atoms with van der Waals surface area (Å²) < 4.78 is 0. The quantitative estimate of drug-likeness (QED) is 0.543. The molecule has 2 atom stereocenters. The molecule has 0 aromatic carbocycles. The van der Waals surface area contributed by atoms with Gasteiger partial charge in [0, 0.05) is 19.5 Å². The Kier molecular flexibility index (Phi) is 3.88. The second kappa shape index (κ2) is 4.95. The minimum absolute atomic E-state index is 0.0237. The maximum Gasteiger partial charge on any atom is 0.236 e. The van der Waals surface area contributed by atoms with Gasteiger partial charge in [0.25, 0.3) is 0 Å². The van der Waals surface area contributed by atoms with Crippen molar-refractivity contribution < 1.29 is 9.59 Å². The third-order valence-corrected chi connectivity index (χ3v) is 2.52. The lowest BCUT2D eigenvalue weighted by Gasteiger charge is -2.23. The van der Waals surface area contributed by atoms with Crippen LogP contribution < -0.4 is 16.4 Å². The predicted molar refractivity (Wildman–Crippen MR) is 52.4 cm³/mol. The van der Waals surface area contributed by atoms with Crippen molar-refractivity contribution in [2.24, 2.45) is 11.7 Å². The van der Waals surface area contributed by atoms with Crippen molar-refractivity contribution in [1.29, 1.82) is 0 Å². The minimum Gasteiger partial charge on any atom is -0.358 e. The van der Waals surface area contributed by atoms with Crippen LogP contribution in [0.25, 0.3) is 0 Å². The van der Waals surface area contributed by atoms with E-state index in [0.29, 0.717) is 6.42 Å². The van der Waals surface area contributed by atoms with Crippen LogP contribution in [0.15, 0.2) is 0 Å². The van der Waals surface area contributed by atoms with Gasteiger partial charge in [-0.25, -0.2) is 0 Å². The first-order chi connectivity index (χ1) is 6.65. The number of hydrogen-bond acceptors (Lipinski definition) is 3. The highest BCUT2D eigenvalue weighted by Gasteiger charge is 2.26. The number of piperidine rings is 1. The van der Waals surface area contributed by atoms with Crippen LogP contribution in [0.2, 0.25) is 0 Å². The molecule has 4 N–H and O–H groups in total. The van der Waals surface area contributed by atoms with Crippen molar-refractivity contribution in [3.8, 4) is 0 Å². The van der Waals surface area contributed by atoms with E-state index in [1.807, 2.05) is 0 Å². The van der Waals surface area contributed by atoms with Crippen molar-refractivity contribution in [1.82, 2.24) is 10.6 Å². The normalized spacial score (nSPS) is 23.9. The Hall–Kier alpha value is -1.10. The molecule has 0 bridgehead atoms. The second-order valence-corrected chi connectivity index (χ2v) is 3.59. The molecule has 2 amide bonds. The molecule has 0 unspecified atom stereocenters. The summed E-state index contributed by atoms with van der Waals surface area (Å²) in [7, 11) is 1.54. The molecule has 14 heavy (non-hydrogen) atoms. The molecule has 1 aliphatic heterocycles. The number of nitrogens with one attached hydrogen (secondary N) is 2. The predicted octanol–water partition coefficient (Wildman–Crippen LogP) is -1.02. The molecule has 5 nitrogen and oxygen atoms in total. The maximum absolute atomic E-state index is 11.3. The van der Waals surface area contributed by atoms with E-state index in [1.165, 1.54) is 0 Å². The van der Waals surface area contributed by atoms with Crippen molar-refractivity contribution in [2.75, 3.05) is 13.6 Å². The lowest BCUT2D eigenvalue weighted by Crippen LogP contribution is -2.44. The zero-order chi connectivity index (χ0) is 10.6. The van der Waals surface area contributed by atoms with Crippen LogP contribution in [0.5, 0.6) is 0 Å². The standard InChI is InChI=1S/C9H17N3O2/c1-11-9(14)7(10)5-6-3-2-4-12-8(6)13/h6-7H,2-5,10H2,1H3,(H,11,14)(H,12,13)/t6-,7-/m0/s1. The Bertz CT molecular complexity index is 230. The molecule has 5 heteroatoms. The van der Waals surface area contributed by atoms with Gasteiger partial charge in [-0.2, -0.15) is 0 Å². The number of rotatable bonds is 3. The zero-order valence-corrected chi connectivity index (χ0v) is 8.38. The molecule has 0 aromatic rings. The Morgan fingerprint density at radius 1 is 1.79 bits per heavy atom. The summed E-state index contributed by atoms with van der Waals surface area (Å²) in [5, 5.41) is 5.24. The van der Waals surface area contributed by atoms with Crippen molar-refractivity contribution in [3.63, 3.8) is 0 Å². The molecule has 1 saturated heterocycles. The first-order valence-electron chi connectivity index (χ1n) is 4.90. The van der Waals surface area contributed by atoms with Gasteiger partial charge in [-0.3, -0.25) is 9.59 Å². The number of carbonyl (C=O) groups excluding carboxylic acids is 2. The fourth-order valence-electron chi connectivity index (χ4n) is 1.66. The summed E-state index contributed by atoms with van der Waals surface area (Å²) in [4.78, 5) is 22.5. The average Bonchev–Trinajstić information content (AvgIpc) is 2.20. The third kappa shape index (κ3) is 2.70.